The Morgan fingerprint density at radius 3 is 2.67 bits per heavy atom. The summed E-state index contributed by atoms with van der Waals surface area (Å²) in [5, 5.41) is 3.26. The number of carbonyl (C=O) groups excluding carboxylic acids is 2. The van der Waals surface area contributed by atoms with Crippen LogP contribution in [0.3, 0.4) is 0 Å². The quantitative estimate of drug-likeness (QED) is 0.822. The third-order valence-corrected chi connectivity index (χ3v) is 3.60. The molecule has 18 heavy (non-hydrogen) atoms. The lowest BCUT2D eigenvalue weighted by Gasteiger charge is -2.37. The Hall–Kier alpha value is -1.10. The van der Waals surface area contributed by atoms with E-state index in [2.05, 4.69) is 5.32 Å². The third kappa shape index (κ3) is 2.83. The molecule has 1 aliphatic heterocycles. The number of hydrogen-bond donors (Lipinski definition) is 1. The van der Waals surface area contributed by atoms with E-state index in [9.17, 15) is 9.59 Å². The van der Waals surface area contributed by atoms with Crippen LogP contribution >= 0.6 is 0 Å². The SMILES string of the molecule is CCCC(=O)N(C(=O)N1CCNCC1C)C1CC1. The Balaban J connectivity index is 2.05. The molecule has 2 rings (SSSR count). The summed E-state index contributed by atoms with van der Waals surface area (Å²) in [6.07, 6.45) is 3.22. The number of piperazine rings is 1. The van der Waals surface area contributed by atoms with Crippen molar-refractivity contribution in [2.75, 3.05) is 19.6 Å². The van der Waals surface area contributed by atoms with Gasteiger partial charge < -0.3 is 10.2 Å². The van der Waals surface area contributed by atoms with Gasteiger partial charge in [0, 0.05) is 38.1 Å². The highest BCUT2D eigenvalue weighted by molar-refractivity contribution is 5.95. The second kappa shape index (κ2) is 5.69. The zero-order valence-electron chi connectivity index (χ0n) is 11.3. The van der Waals surface area contributed by atoms with Crippen LogP contribution in [0.2, 0.25) is 0 Å². The maximum atomic E-state index is 12.5. The average Bonchev–Trinajstić information content (AvgIpc) is 3.14. The van der Waals surface area contributed by atoms with E-state index in [-0.39, 0.29) is 24.0 Å². The number of amides is 3. The van der Waals surface area contributed by atoms with Crippen molar-refractivity contribution < 1.29 is 9.59 Å². The van der Waals surface area contributed by atoms with Crippen molar-refractivity contribution in [1.82, 2.24) is 15.1 Å². The van der Waals surface area contributed by atoms with Gasteiger partial charge in [0.2, 0.25) is 5.91 Å². The molecule has 5 heteroatoms. The van der Waals surface area contributed by atoms with Crippen molar-refractivity contribution in [2.45, 2.75) is 51.6 Å². The summed E-state index contributed by atoms with van der Waals surface area (Å²) < 4.78 is 0. The fourth-order valence-corrected chi connectivity index (χ4v) is 2.40. The normalized spacial score (nSPS) is 23.9. The molecule has 1 unspecified atom stereocenters. The number of nitrogens with zero attached hydrogens (tertiary/aromatic N) is 2. The minimum absolute atomic E-state index is 0.00395. The van der Waals surface area contributed by atoms with Gasteiger partial charge in [-0.15, -0.1) is 0 Å². The van der Waals surface area contributed by atoms with Gasteiger partial charge in [0.25, 0.3) is 0 Å². The summed E-state index contributed by atoms with van der Waals surface area (Å²) in [5.41, 5.74) is 0. The minimum atomic E-state index is -0.0787. The Labute approximate surface area is 108 Å². The van der Waals surface area contributed by atoms with Gasteiger partial charge >= 0.3 is 6.03 Å². The molecule has 0 aromatic carbocycles. The predicted octanol–water partition coefficient (Wildman–Crippen LogP) is 1.19. The van der Waals surface area contributed by atoms with Crippen molar-refractivity contribution in [1.29, 1.82) is 0 Å². The highest BCUT2D eigenvalue weighted by Crippen LogP contribution is 2.29. The maximum Gasteiger partial charge on any atom is 0.327 e. The zero-order valence-corrected chi connectivity index (χ0v) is 11.3. The highest BCUT2D eigenvalue weighted by atomic mass is 16.2. The smallest absolute Gasteiger partial charge is 0.319 e. The molecule has 1 atom stereocenters. The van der Waals surface area contributed by atoms with Crippen LogP contribution in [0.4, 0.5) is 4.79 Å². The van der Waals surface area contributed by atoms with E-state index >= 15 is 0 Å². The van der Waals surface area contributed by atoms with Crippen LogP contribution < -0.4 is 5.32 Å². The third-order valence-electron chi connectivity index (χ3n) is 3.60. The van der Waals surface area contributed by atoms with Crippen LogP contribution in [0.25, 0.3) is 0 Å². The van der Waals surface area contributed by atoms with Crippen LogP contribution in [-0.4, -0.2) is 53.5 Å². The Morgan fingerprint density at radius 1 is 1.39 bits per heavy atom. The summed E-state index contributed by atoms with van der Waals surface area (Å²) in [5.74, 6) is -0.00395. The number of hydrogen-bond acceptors (Lipinski definition) is 3. The van der Waals surface area contributed by atoms with E-state index in [1.807, 2.05) is 18.7 Å². The van der Waals surface area contributed by atoms with Gasteiger partial charge in [0.1, 0.15) is 0 Å². The van der Waals surface area contributed by atoms with E-state index in [1.165, 1.54) is 4.90 Å². The molecule has 2 fully saturated rings. The number of carbonyl (C=O) groups is 2. The first-order valence-electron chi connectivity index (χ1n) is 6.98. The highest BCUT2D eigenvalue weighted by Gasteiger charge is 2.40. The minimum Gasteiger partial charge on any atom is -0.319 e. The van der Waals surface area contributed by atoms with Crippen molar-refractivity contribution in [3.8, 4) is 0 Å². The second-order valence-corrected chi connectivity index (χ2v) is 5.27. The van der Waals surface area contributed by atoms with E-state index in [0.29, 0.717) is 13.0 Å². The topological polar surface area (TPSA) is 52.7 Å². The molecule has 1 N–H and O–H groups in total. The maximum absolute atomic E-state index is 12.5. The van der Waals surface area contributed by atoms with Gasteiger partial charge in [-0.05, 0) is 26.2 Å². The van der Waals surface area contributed by atoms with Crippen LogP contribution in [-0.2, 0) is 4.79 Å². The van der Waals surface area contributed by atoms with Crippen LogP contribution in [0.1, 0.15) is 39.5 Å². The van der Waals surface area contributed by atoms with E-state index in [1.54, 1.807) is 0 Å². The molecule has 5 nitrogen and oxygen atoms in total. The van der Waals surface area contributed by atoms with E-state index in [0.717, 1.165) is 32.4 Å². The van der Waals surface area contributed by atoms with Crippen molar-refractivity contribution in [3.05, 3.63) is 0 Å². The van der Waals surface area contributed by atoms with Crippen molar-refractivity contribution in [3.63, 3.8) is 0 Å². The van der Waals surface area contributed by atoms with E-state index < -0.39 is 0 Å². The monoisotopic (exact) mass is 253 g/mol. The summed E-state index contributed by atoms with van der Waals surface area (Å²) in [4.78, 5) is 27.9. The molecule has 1 aliphatic carbocycles. The molecule has 102 valence electrons. The van der Waals surface area contributed by atoms with Gasteiger partial charge in [-0.3, -0.25) is 9.69 Å². The first-order valence-corrected chi connectivity index (χ1v) is 6.98. The van der Waals surface area contributed by atoms with Gasteiger partial charge in [0.15, 0.2) is 0 Å². The second-order valence-electron chi connectivity index (χ2n) is 5.27. The van der Waals surface area contributed by atoms with Crippen molar-refractivity contribution >= 4 is 11.9 Å². The summed E-state index contributed by atoms with van der Waals surface area (Å²) in [7, 11) is 0. The molecule has 0 radical (unpaired) electrons. The molecule has 3 amide bonds. The van der Waals surface area contributed by atoms with Gasteiger partial charge in [0.05, 0.1) is 0 Å². The predicted molar refractivity (Wildman–Crippen MR) is 69.2 cm³/mol. The van der Waals surface area contributed by atoms with E-state index in [4.69, 9.17) is 0 Å². The Bertz CT molecular complexity index is 328. The summed E-state index contributed by atoms with van der Waals surface area (Å²) >= 11 is 0. The Kier molecular flexibility index (Phi) is 4.22. The van der Waals surface area contributed by atoms with Gasteiger partial charge in [-0.1, -0.05) is 6.92 Å². The van der Waals surface area contributed by atoms with Crippen molar-refractivity contribution in [2.24, 2.45) is 0 Å². The number of imide groups is 1. The molecule has 2 aliphatic rings. The lowest BCUT2D eigenvalue weighted by molar-refractivity contribution is -0.129. The largest absolute Gasteiger partial charge is 0.327 e. The molecule has 0 aromatic heterocycles. The van der Waals surface area contributed by atoms with Gasteiger partial charge in [-0.2, -0.15) is 0 Å². The first kappa shape index (κ1) is 13.3. The summed E-state index contributed by atoms with van der Waals surface area (Å²) in [6, 6.07) is 0.255. The fraction of sp³-hybridized carbons (Fsp3) is 0.846. The standard InChI is InChI=1S/C13H23N3O2/c1-3-4-12(17)16(11-5-6-11)13(18)15-8-7-14-9-10(15)2/h10-11,14H,3-9H2,1-2H3. The molecule has 1 saturated carbocycles. The molecule has 1 saturated heterocycles. The number of rotatable bonds is 3. The zero-order chi connectivity index (χ0) is 13.1. The summed E-state index contributed by atoms with van der Waals surface area (Å²) in [6.45, 7) is 6.33. The van der Waals surface area contributed by atoms with Crippen LogP contribution in [0.15, 0.2) is 0 Å². The molecular formula is C13H23N3O2. The number of nitrogens with one attached hydrogen (secondary N) is 1. The number of urea groups is 1. The lowest BCUT2D eigenvalue weighted by Crippen LogP contribution is -2.57. The lowest BCUT2D eigenvalue weighted by atomic mass is 10.2. The average molecular weight is 253 g/mol. The molecular weight excluding hydrogens is 230 g/mol. The fourth-order valence-electron chi connectivity index (χ4n) is 2.40. The van der Waals surface area contributed by atoms with Gasteiger partial charge in [-0.25, -0.2) is 4.79 Å². The molecule has 0 bridgehead atoms. The Morgan fingerprint density at radius 2 is 2.11 bits per heavy atom. The molecule has 0 aromatic rings. The molecule has 0 spiro atoms. The molecule has 1 heterocycles. The van der Waals surface area contributed by atoms with Crippen LogP contribution in [0.5, 0.6) is 0 Å². The van der Waals surface area contributed by atoms with Crippen LogP contribution in [0, 0.1) is 0 Å². The first-order chi connectivity index (χ1) is 8.65.